The molecule has 1 aliphatic heterocycles. The van der Waals surface area contributed by atoms with Gasteiger partial charge in [0.15, 0.2) is 5.82 Å². The molecule has 0 N–H and O–H groups in total. The maximum atomic E-state index is 13.0. The summed E-state index contributed by atoms with van der Waals surface area (Å²) in [4.78, 5) is 24.0. The second-order valence-electron chi connectivity index (χ2n) is 10.8. The quantitative estimate of drug-likeness (QED) is 0.497. The molecule has 3 aromatic rings. The van der Waals surface area contributed by atoms with E-state index in [1.165, 1.54) is 0 Å². The van der Waals surface area contributed by atoms with Crippen molar-refractivity contribution in [1.82, 2.24) is 29.6 Å². The van der Waals surface area contributed by atoms with E-state index < -0.39 is 5.60 Å². The number of carbonyl (C=O) groups is 1. The molecule has 1 aromatic carbocycles. The molecule has 8 nitrogen and oxygen atoms in total. The van der Waals surface area contributed by atoms with Crippen LogP contribution in [0, 0.1) is 13.8 Å². The predicted molar refractivity (Wildman–Crippen MR) is 132 cm³/mol. The van der Waals surface area contributed by atoms with E-state index in [1.54, 1.807) is 4.90 Å². The highest BCUT2D eigenvalue weighted by Gasteiger charge is 2.33. The third kappa shape index (κ3) is 4.79. The largest absolute Gasteiger partial charge is 0.444 e. The number of carbonyl (C=O) groups excluding carboxylic acids is 1. The van der Waals surface area contributed by atoms with Gasteiger partial charge in [-0.25, -0.2) is 4.79 Å². The summed E-state index contributed by atoms with van der Waals surface area (Å²) in [5, 5.41) is 9.23. The van der Waals surface area contributed by atoms with E-state index >= 15 is 0 Å². The minimum Gasteiger partial charge on any atom is -0.444 e. The summed E-state index contributed by atoms with van der Waals surface area (Å²) < 4.78 is 7.86. The first-order valence-corrected chi connectivity index (χ1v) is 12.5. The average Bonchev–Trinajstić information content (AvgIpc) is 3.15. The SMILES string of the molecule is Cc1cnc(C)c(C2CCC(c3nnc4n3-c3ccccc3CN(C(=O)OC(C)(C)C)C4)CC2)n1. The number of hydrogen-bond acceptors (Lipinski definition) is 6. The van der Waals surface area contributed by atoms with Gasteiger partial charge in [0.2, 0.25) is 0 Å². The molecule has 0 radical (unpaired) electrons. The molecule has 1 amide bonds. The van der Waals surface area contributed by atoms with Gasteiger partial charge in [-0.1, -0.05) is 18.2 Å². The average molecular weight is 475 g/mol. The van der Waals surface area contributed by atoms with Gasteiger partial charge >= 0.3 is 6.09 Å². The molecule has 0 bridgehead atoms. The standard InChI is InChI=1S/C27H34N6O2/c1-17-14-28-18(2)24(29-17)19-10-12-20(13-11-19)25-31-30-23-16-32(26(34)35-27(3,4)5)15-21-8-6-7-9-22(21)33(23)25/h6-9,14,19-20H,10-13,15-16H2,1-5H3. The number of amides is 1. The van der Waals surface area contributed by atoms with Crippen LogP contribution >= 0.6 is 0 Å². The van der Waals surface area contributed by atoms with Gasteiger partial charge in [0, 0.05) is 18.0 Å². The number of aromatic nitrogens is 5. The van der Waals surface area contributed by atoms with Crippen molar-refractivity contribution in [1.29, 1.82) is 0 Å². The van der Waals surface area contributed by atoms with Gasteiger partial charge in [0.25, 0.3) is 0 Å². The van der Waals surface area contributed by atoms with E-state index in [-0.39, 0.29) is 6.09 Å². The molecule has 0 unspecified atom stereocenters. The fourth-order valence-electron chi connectivity index (χ4n) is 5.28. The lowest BCUT2D eigenvalue weighted by atomic mass is 9.79. The van der Waals surface area contributed by atoms with Gasteiger partial charge in [-0.15, -0.1) is 10.2 Å². The summed E-state index contributed by atoms with van der Waals surface area (Å²) in [5.41, 5.74) is 4.71. The molecule has 1 aliphatic carbocycles. The van der Waals surface area contributed by atoms with Crippen LogP contribution in [0.25, 0.3) is 5.69 Å². The molecule has 1 saturated carbocycles. The molecule has 2 aliphatic rings. The number of ether oxygens (including phenoxy) is 1. The topological polar surface area (TPSA) is 86.0 Å². The number of benzene rings is 1. The van der Waals surface area contributed by atoms with Crippen LogP contribution in [0.4, 0.5) is 4.79 Å². The summed E-state index contributed by atoms with van der Waals surface area (Å²) in [7, 11) is 0. The van der Waals surface area contributed by atoms with Crippen LogP contribution in [-0.4, -0.2) is 41.3 Å². The number of hydrogen-bond donors (Lipinski definition) is 0. The third-order valence-electron chi connectivity index (χ3n) is 6.92. The highest BCUT2D eigenvalue weighted by atomic mass is 16.6. The molecular weight excluding hydrogens is 440 g/mol. The molecular formula is C27H34N6O2. The Labute approximate surface area is 206 Å². The first kappa shape index (κ1) is 23.5. The summed E-state index contributed by atoms with van der Waals surface area (Å²) in [6.45, 7) is 10.6. The fourth-order valence-corrected chi connectivity index (χ4v) is 5.28. The number of fused-ring (bicyclic) bond motifs is 3. The number of rotatable bonds is 2. The highest BCUT2D eigenvalue weighted by Crippen LogP contribution is 2.41. The number of nitrogens with zero attached hydrogens (tertiary/aromatic N) is 6. The van der Waals surface area contributed by atoms with Crippen LogP contribution in [0.1, 0.15) is 92.6 Å². The van der Waals surface area contributed by atoms with Crippen molar-refractivity contribution in [2.75, 3.05) is 0 Å². The van der Waals surface area contributed by atoms with Gasteiger partial charge < -0.3 is 4.74 Å². The monoisotopic (exact) mass is 474 g/mol. The van der Waals surface area contributed by atoms with Crippen molar-refractivity contribution in [2.24, 2.45) is 0 Å². The number of aryl methyl sites for hydroxylation is 2. The minimum atomic E-state index is -0.555. The third-order valence-corrected chi connectivity index (χ3v) is 6.92. The summed E-state index contributed by atoms with van der Waals surface area (Å²) in [6.07, 6.45) is 5.66. The Balaban J connectivity index is 1.42. The van der Waals surface area contributed by atoms with Gasteiger partial charge in [-0.05, 0) is 71.9 Å². The lowest BCUT2D eigenvalue weighted by Crippen LogP contribution is -2.35. The number of para-hydroxylation sites is 1. The van der Waals surface area contributed by atoms with Gasteiger partial charge in [0.05, 0.1) is 35.9 Å². The Bertz CT molecular complexity index is 1240. The van der Waals surface area contributed by atoms with Crippen LogP contribution in [0.3, 0.4) is 0 Å². The zero-order valence-corrected chi connectivity index (χ0v) is 21.3. The molecule has 35 heavy (non-hydrogen) atoms. The second kappa shape index (κ2) is 9.06. The van der Waals surface area contributed by atoms with Crippen LogP contribution in [0.15, 0.2) is 30.5 Å². The molecule has 184 valence electrons. The normalized spacial score (nSPS) is 20.1. The zero-order valence-electron chi connectivity index (χ0n) is 21.3. The van der Waals surface area contributed by atoms with Crippen molar-refractivity contribution in [3.05, 3.63) is 64.8 Å². The summed E-state index contributed by atoms with van der Waals surface area (Å²) in [5.74, 6) is 2.51. The van der Waals surface area contributed by atoms with E-state index in [0.717, 1.165) is 65.7 Å². The lowest BCUT2D eigenvalue weighted by molar-refractivity contribution is 0.0214. The first-order valence-electron chi connectivity index (χ1n) is 12.5. The Morgan fingerprint density at radius 1 is 1.00 bits per heavy atom. The molecule has 3 heterocycles. The van der Waals surface area contributed by atoms with Gasteiger partial charge in [-0.3, -0.25) is 19.4 Å². The van der Waals surface area contributed by atoms with Crippen molar-refractivity contribution in [2.45, 2.75) is 90.8 Å². The summed E-state index contributed by atoms with van der Waals surface area (Å²) >= 11 is 0. The fraction of sp³-hybridized carbons (Fsp3) is 0.519. The maximum Gasteiger partial charge on any atom is 0.411 e. The van der Waals surface area contributed by atoms with Crippen molar-refractivity contribution < 1.29 is 9.53 Å². The molecule has 0 atom stereocenters. The smallest absolute Gasteiger partial charge is 0.411 e. The van der Waals surface area contributed by atoms with Crippen LogP contribution < -0.4 is 0 Å². The lowest BCUT2D eigenvalue weighted by Gasteiger charge is -2.28. The Hall–Kier alpha value is -3.29. The molecule has 2 aromatic heterocycles. The van der Waals surface area contributed by atoms with Gasteiger partial charge in [-0.2, -0.15) is 0 Å². The van der Waals surface area contributed by atoms with E-state index in [9.17, 15) is 4.79 Å². The summed E-state index contributed by atoms with van der Waals surface area (Å²) in [6, 6.07) is 8.21. The van der Waals surface area contributed by atoms with Crippen LogP contribution in [-0.2, 0) is 17.8 Å². The Morgan fingerprint density at radius 3 is 2.46 bits per heavy atom. The van der Waals surface area contributed by atoms with Crippen LogP contribution in [0.2, 0.25) is 0 Å². The molecule has 5 rings (SSSR count). The Kier molecular flexibility index (Phi) is 6.07. The zero-order chi connectivity index (χ0) is 24.7. The first-order chi connectivity index (χ1) is 16.7. The Morgan fingerprint density at radius 2 is 1.71 bits per heavy atom. The highest BCUT2D eigenvalue weighted by molar-refractivity contribution is 5.68. The van der Waals surface area contributed by atoms with Gasteiger partial charge in [0.1, 0.15) is 11.4 Å². The van der Waals surface area contributed by atoms with Crippen molar-refractivity contribution >= 4 is 6.09 Å². The minimum absolute atomic E-state index is 0.312. The molecule has 1 fully saturated rings. The second-order valence-corrected chi connectivity index (χ2v) is 10.8. The molecule has 8 heteroatoms. The van der Waals surface area contributed by atoms with E-state index in [0.29, 0.717) is 24.9 Å². The molecule has 0 spiro atoms. The predicted octanol–water partition coefficient (Wildman–Crippen LogP) is 5.37. The van der Waals surface area contributed by atoms with Crippen LogP contribution in [0.5, 0.6) is 0 Å². The van der Waals surface area contributed by atoms with E-state index in [1.807, 2.05) is 46.0 Å². The van der Waals surface area contributed by atoms with Crippen molar-refractivity contribution in [3.63, 3.8) is 0 Å². The van der Waals surface area contributed by atoms with E-state index in [4.69, 9.17) is 9.72 Å². The molecule has 0 saturated heterocycles. The maximum absolute atomic E-state index is 13.0. The van der Waals surface area contributed by atoms with E-state index in [2.05, 4.69) is 38.8 Å². The van der Waals surface area contributed by atoms with Crippen molar-refractivity contribution in [3.8, 4) is 5.69 Å².